The number of aliphatic hydroxyl groups is 1. The third-order valence-corrected chi connectivity index (χ3v) is 2.43. The van der Waals surface area contributed by atoms with Gasteiger partial charge < -0.3 is 10.0 Å². The van der Waals surface area contributed by atoms with Gasteiger partial charge in [0.2, 0.25) is 0 Å². The molecule has 82 valence electrons. The van der Waals surface area contributed by atoms with Crippen LogP contribution in [0.25, 0.3) is 0 Å². The topological polar surface area (TPSA) is 53.4 Å². The smallest absolute Gasteiger partial charge is 0.254 e. The fraction of sp³-hybridized carbons (Fsp3) is 0.400. The number of likely N-dealkylation sites (N-methyl/N-ethyl adjacent to an activating group) is 1. The number of nitrogens with zero attached hydrogens (tertiary/aromatic N) is 2. The molecule has 0 saturated heterocycles. The fourth-order valence-corrected chi connectivity index (χ4v) is 1.24. The van der Waals surface area contributed by atoms with Gasteiger partial charge in [-0.2, -0.15) is 0 Å². The molecule has 0 saturated carbocycles. The molecule has 1 N–H and O–H groups in total. The summed E-state index contributed by atoms with van der Waals surface area (Å²) >= 11 is 5.68. The van der Waals surface area contributed by atoms with Crippen molar-refractivity contribution in [2.45, 2.75) is 13.0 Å². The number of hydrogen-bond acceptors (Lipinski definition) is 3. The van der Waals surface area contributed by atoms with E-state index in [2.05, 4.69) is 4.98 Å². The van der Waals surface area contributed by atoms with Crippen LogP contribution in [0.4, 0.5) is 0 Å². The predicted molar refractivity (Wildman–Crippen MR) is 57.9 cm³/mol. The summed E-state index contributed by atoms with van der Waals surface area (Å²) in [6.45, 7) is 1.70. The van der Waals surface area contributed by atoms with Crippen molar-refractivity contribution < 1.29 is 9.90 Å². The minimum atomic E-state index is -0.218. The first-order valence-electron chi connectivity index (χ1n) is 4.56. The Morgan fingerprint density at radius 2 is 2.40 bits per heavy atom. The van der Waals surface area contributed by atoms with Crippen molar-refractivity contribution in [2.75, 3.05) is 13.7 Å². The van der Waals surface area contributed by atoms with Crippen LogP contribution in [-0.2, 0) is 0 Å². The number of rotatable bonds is 3. The number of halogens is 1. The zero-order valence-electron chi connectivity index (χ0n) is 8.64. The van der Waals surface area contributed by atoms with Crippen molar-refractivity contribution in [2.24, 2.45) is 0 Å². The van der Waals surface area contributed by atoms with Crippen LogP contribution in [0.1, 0.15) is 17.3 Å². The van der Waals surface area contributed by atoms with Gasteiger partial charge >= 0.3 is 0 Å². The first-order chi connectivity index (χ1) is 7.06. The van der Waals surface area contributed by atoms with Gasteiger partial charge in [-0.05, 0) is 19.1 Å². The van der Waals surface area contributed by atoms with Crippen molar-refractivity contribution in [1.29, 1.82) is 0 Å². The van der Waals surface area contributed by atoms with Crippen LogP contribution in [0.15, 0.2) is 18.3 Å². The lowest BCUT2D eigenvalue weighted by Crippen LogP contribution is -2.37. The summed E-state index contributed by atoms with van der Waals surface area (Å²) in [6, 6.07) is 2.88. The van der Waals surface area contributed by atoms with E-state index >= 15 is 0 Å². The molecule has 1 amide bonds. The second-order valence-corrected chi connectivity index (χ2v) is 3.70. The van der Waals surface area contributed by atoms with E-state index in [0.29, 0.717) is 5.56 Å². The molecule has 5 heteroatoms. The van der Waals surface area contributed by atoms with Crippen molar-refractivity contribution in [3.63, 3.8) is 0 Å². The van der Waals surface area contributed by atoms with E-state index in [4.69, 9.17) is 16.7 Å². The van der Waals surface area contributed by atoms with E-state index in [-0.39, 0.29) is 23.7 Å². The van der Waals surface area contributed by atoms with Crippen LogP contribution in [0.2, 0.25) is 5.15 Å². The summed E-state index contributed by atoms with van der Waals surface area (Å²) in [7, 11) is 1.64. The van der Waals surface area contributed by atoms with Gasteiger partial charge in [0.05, 0.1) is 12.6 Å². The summed E-state index contributed by atoms with van der Waals surface area (Å²) in [5, 5.41) is 9.21. The maximum Gasteiger partial charge on any atom is 0.254 e. The highest BCUT2D eigenvalue weighted by Gasteiger charge is 2.16. The molecular formula is C10H13ClN2O2. The fourth-order valence-electron chi connectivity index (χ4n) is 1.06. The zero-order valence-corrected chi connectivity index (χ0v) is 9.40. The van der Waals surface area contributed by atoms with Gasteiger partial charge in [-0.3, -0.25) is 4.79 Å². The highest BCUT2D eigenvalue weighted by Crippen LogP contribution is 2.10. The lowest BCUT2D eigenvalue weighted by atomic mass is 10.2. The molecule has 0 aliphatic rings. The van der Waals surface area contributed by atoms with Crippen LogP contribution in [0.3, 0.4) is 0 Å². The van der Waals surface area contributed by atoms with Crippen LogP contribution < -0.4 is 0 Å². The molecule has 1 unspecified atom stereocenters. The number of hydrogen-bond donors (Lipinski definition) is 1. The Balaban J connectivity index is 2.85. The summed E-state index contributed by atoms with van der Waals surface area (Å²) < 4.78 is 0. The average molecular weight is 229 g/mol. The normalized spacial score (nSPS) is 12.3. The summed E-state index contributed by atoms with van der Waals surface area (Å²) in [4.78, 5) is 17.1. The quantitative estimate of drug-likeness (QED) is 0.791. The highest BCUT2D eigenvalue weighted by atomic mass is 35.5. The van der Waals surface area contributed by atoms with E-state index in [9.17, 15) is 4.79 Å². The summed E-state index contributed by atoms with van der Waals surface area (Å²) in [5.41, 5.74) is 0.470. The van der Waals surface area contributed by atoms with Crippen molar-refractivity contribution in [1.82, 2.24) is 9.88 Å². The molecule has 0 spiro atoms. The van der Waals surface area contributed by atoms with Gasteiger partial charge in [0, 0.05) is 18.8 Å². The molecule has 0 aliphatic heterocycles. The zero-order chi connectivity index (χ0) is 11.4. The number of pyridine rings is 1. The summed E-state index contributed by atoms with van der Waals surface area (Å²) in [6.07, 6.45) is 1.48. The minimum absolute atomic E-state index is 0.0684. The van der Waals surface area contributed by atoms with Crippen molar-refractivity contribution in [3.05, 3.63) is 29.0 Å². The number of aromatic nitrogens is 1. The molecule has 4 nitrogen and oxygen atoms in total. The number of aliphatic hydroxyl groups excluding tert-OH is 1. The van der Waals surface area contributed by atoms with Crippen LogP contribution in [0, 0.1) is 0 Å². The molecule has 1 rings (SSSR count). The molecular weight excluding hydrogens is 216 g/mol. The Morgan fingerprint density at radius 3 is 2.93 bits per heavy atom. The van der Waals surface area contributed by atoms with E-state index in [1.54, 1.807) is 20.0 Å². The van der Waals surface area contributed by atoms with Gasteiger partial charge in [-0.15, -0.1) is 0 Å². The number of carbonyl (C=O) groups excluding carboxylic acids is 1. The van der Waals surface area contributed by atoms with Crippen molar-refractivity contribution >= 4 is 17.5 Å². The van der Waals surface area contributed by atoms with E-state index in [1.165, 1.54) is 17.2 Å². The van der Waals surface area contributed by atoms with Gasteiger partial charge in [0.15, 0.2) is 0 Å². The van der Waals surface area contributed by atoms with E-state index in [0.717, 1.165) is 0 Å². The molecule has 1 aromatic heterocycles. The van der Waals surface area contributed by atoms with Gasteiger partial charge in [-0.25, -0.2) is 4.98 Å². The van der Waals surface area contributed by atoms with Crippen molar-refractivity contribution in [3.8, 4) is 0 Å². The second-order valence-electron chi connectivity index (χ2n) is 3.31. The first kappa shape index (κ1) is 11.9. The third kappa shape index (κ3) is 2.91. The van der Waals surface area contributed by atoms with Crippen LogP contribution >= 0.6 is 11.6 Å². The molecule has 1 aromatic rings. The third-order valence-electron chi connectivity index (χ3n) is 2.22. The van der Waals surface area contributed by atoms with Gasteiger partial charge in [0.1, 0.15) is 5.15 Å². The first-order valence-corrected chi connectivity index (χ1v) is 4.93. The van der Waals surface area contributed by atoms with E-state index < -0.39 is 0 Å². The van der Waals surface area contributed by atoms with Gasteiger partial charge in [-0.1, -0.05) is 11.6 Å². The predicted octanol–water partition coefficient (Wildman–Crippen LogP) is 1.19. The average Bonchev–Trinajstić information content (AvgIpc) is 2.26. The lowest BCUT2D eigenvalue weighted by molar-refractivity contribution is 0.0682. The molecule has 0 aromatic carbocycles. The monoisotopic (exact) mass is 228 g/mol. The SMILES string of the molecule is CC(CO)N(C)C(=O)c1ccnc(Cl)c1. The Morgan fingerprint density at radius 1 is 1.73 bits per heavy atom. The number of carbonyl (C=O) groups is 1. The van der Waals surface area contributed by atoms with Crippen LogP contribution in [0.5, 0.6) is 0 Å². The largest absolute Gasteiger partial charge is 0.394 e. The molecule has 0 bridgehead atoms. The summed E-state index contributed by atoms with van der Waals surface area (Å²) in [5.74, 6) is -0.180. The van der Waals surface area contributed by atoms with E-state index in [1.807, 2.05) is 0 Å². The Labute approximate surface area is 93.5 Å². The Kier molecular flexibility index (Phi) is 4.05. The lowest BCUT2D eigenvalue weighted by Gasteiger charge is -2.23. The number of amides is 1. The van der Waals surface area contributed by atoms with Crippen LogP contribution in [-0.4, -0.2) is 40.6 Å². The molecule has 1 atom stereocenters. The second kappa shape index (κ2) is 5.09. The maximum absolute atomic E-state index is 11.8. The molecule has 15 heavy (non-hydrogen) atoms. The standard InChI is InChI=1S/C10H13ClN2O2/c1-7(6-14)13(2)10(15)8-3-4-12-9(11)5-8/h3-5,7,14H,6H2,1-2H3. The minimum Gasteiger partial charge on any atom is -0.394 e. The Hall–Kier alpha value is -1.13. The molecule has 1 heterocycles. The van der Waals surface area contributed by atoms with Gasteiger partial charge in [0.25, 0.3) is 5.91 Å². The Bertz CT molecular complexity index is 357. The maximum atomic E-state index is 11.8. The molecule has 0 aliphatic carbocycles. The highest BCUT2D eigenvalue weighted by molar-refractivity contribution is 6.29. The molecule has 0 radical (unpaired) electrons. The molecule has 0 fully saturated rings.